The fourth-order valence-corrected chi connectivity index (χ4v) is 1.74. The fraction of sp³-hybridized carbons (Fsp3) is 0.167. The van der Waals surface area contributed by atoms with Crippen molar-refractivity contribution in [1.82, 2.24) is 0 Å². The molecule has 0 spiro atoms. The Hall–Kier alpha value is -2.70. The van der Waals surface area contributed by atoms with Crippen LogP contribution in [0.25, 0.3) is 0 Å². The quantitative estimate of drug-likeness (QED) is 0.470. The lowest BCUT2D eigenvalue weighted by Gasteiger charge is -2.23. The summed E-state index contributed by atoms with van der Waals surface area (Å²) < 4.78 is 5.35. The fourth-order valence-electron chi connectivity index (χ4n) is 1.74. The minimum atomic E-state index is -1.93. The van der Waals surface area contributed by atoms with Crippen molar-refractivity contribution in [2.45, 2.75) is 12.1 Å². The van der Waals surface area contributed by atoms with Crippen LogP contribution < -0.4 is 4.74 Å². The first kappa shape index (κ1) is 12.7. The molecule has 1 aliphatic rings. The average molecular weight is 262 g/mol. The first-order valence-electron chi connectivity index (χ1n) is 5.45. The van der Waals surface area contributed by atoms with E-state index in [4.69, 9.17) is 4.74 Å². The van der Waals surface area contributed by atoms with Crippen LogP contribution in [0.15, 0.2) is 54.3 Å². The Bertz CT molecular complexity index is 567. The van der Waals surface area contributed by atoms with E-state index in [-0.39, 0.29) is 11.4 Å². The summed E-state index contributed by atoms with van der Waals surface area (Å²) >= 11 is 0. The highest BCUT2D eigenvalue weighted by molar-refractivity contribution is 5.26. The van der Waals surface area contributed by atoms with Gasteiger partial charge in [-0.2, -0.15) is 0 Å². The van der Waals surface area contributed by atoms with Gasteiger partial charge in [0.25, 0.3) is 5.70 Å². The second-order valence-corrected chi connectivity index (χ2v) is 3.97. The zero-order chi connectivity index (χ0) is 13.9. The number of rotatable bonds is 4. The highest BCUT2D eigenvalue weighted by Crippen LogP contribution is 2.29. The second-order valence-electron chi connectivity index (χ2n) is 3.97. The molecule has 0 N–H and O–H groups in total. The van der Waals surface area contributed by atoms with Gasteiger partial charge in [0.05, 0.1) is 9.85 Å². The Morgan fingerprint density at radius 1 is 1.16 bits per heavy atom. The Morgan fingerprint density at radius 2 is 1.84 bits per heavy atom. The second kappa shape index (κ2) is 4.89. The van der Waals surface area contributed by atoms with Gasteiger partial charge in [0, 0.05) is 12.2 Å². The average Bonchev–Trinajstić information content (AvgIpc) is 2.40. The maximum Gasteiger partial charge on any atom is 0.393 e. The molecule has 1 unspecified atom stereocenters. The smallest absolute Gasteiger partial charge is 0.393 e. The van der Waals surface area contributed by atoms with E-state index in [1.165, 1.54) is 18.2 Å². The van der Waals surface area contributed by atoms with Gasteiger partial charge in [-0.25, -0.2) is 0 Å². The summed E-state index contributed by atoms with van der Waals surface area (Å²) in [5.74, 6) is 0.286. The number of nitrogens with zero attached hydrogens (tertiary/aromatic N) is 2. The zero-order valence-corrected chi connectivity index (χ0v) is 9.76. The molecule has 0 heterocycles. The minimum absolute atomic E-state index is 0.255. The minimum Gasteiger partial charge on any atom is -0.424 e. The van der Waals surface area contributed by atoms with Gasteiger partial charge in [-0.3, -0.25) is 20.2 Å². The van der Waals surface area contributed by atoms with Crippen molar-refractivity contribution in [1.29, 1.82) is 0 Å². The Kier molecular flexibility index (Phi) is 3.28. The van der Waals surface area contributed by atoms with Crippen molar-refractivity contribution >= 4 is 0 Å². The maximum absolute atomic E-state index is 11.2. The third kappa shape index (κ3) is 2.59. The molecule has 0 aliphatic heterocycles. The largest absolute Gasteiger partial charge is 0.424 e. The van der Waals surface area contributed by atoms with E-state index < -0.39 is 22.0 Å². The predicted octanol–water partition coefficient (Wildman–Crippen LogP) is 2.16. The molecule has 1 atom stereocenters. The molecular weight excluding hydrogens is 252 g/mol. The summed E-state index contributed by atoms with van der Waals surface area (Å²) in [6.45, 7) is 0. The number of para-hydroxylation sites is 1. The molecule has 7 nitrogen and oxygen atoms in total. The molecule has 19 heavy (non-hydrogen) atoms. The number of allylic oxidation sites excluding steroid dienone is 2. The number of nitro groups is 2. The Balaban J connectivity index is 2.31. The summed E-state index contributed by atoms with van der Waals surface area (Å²) in [7, 11) is 0. The molecule has 98 valence electrons. The number of hydrogen-bond donors (Lipinski definition) is 0. The van der Waals surface area contributed by atoms with Gasteiger partial charge in [0.1, 0.15) is 5.75 Å². The van der Waals surface area contributed by atoms with Gasteiger partial charge in [0.2, 0.25) is 0 Å². The van der Waals surface area contributed by atoms with Crippen molar-refractivity contribution in [3.63, 3.8) is 0 Å². The van der Waals surface area contributed by atoms with Crippen LogP contribution in [0, 0.1) is 20.2 Å². The third-order valence-electron chi connectivity index (χ3n) is 2.66. The zero-order valence-electron chi connectivity index (χ0n) is 9.76. The number of hydrogen-bond acceptors (Lipinski definition) is 5. The lowest BCUT2D eigenvalue weighted by atomic mass is 10.0. The van der Waals surface area contributed by atoms with E-state index >= 15 is 0 Å². The van der Waals surface area contributed by atoms with Crippen LogP contribution in [0.1, 0.15) is 6.42 Å². The number of ether oxygens (including phenoxy) is 1. The third-order valence-corrected chi connectivity index (χ3v) is 2.66. The SMILES string of the molecule is O=[N+]([O-])C1=CC=CC(Oc2ccccc2)([N+](=O)[O-])C1. The van der Waals surface area contributed by atoms with Crippen LogP contribution >= 0.6 is 0 Å². The summed E-state index contributed by atoms with van der Waals surface area (Å²) in [6, 6.07) is 8.19. The molecule has 0 saturated carbocycles. The van der Waals surface area contributed by atoms with E-state index in [1.54, 1.807) is 30.3 Å². The van der Waals surface area contributed by atoms with Crippen LogP contribution in [-0.2, 0) is 0 Å². The van der Waals surface area contributed by atoms with Gasteiger partial charge in [-0.15, -0.1) is 0 Å². The molecule has 2 rings (SSSR count). The molecule has 0 bridgehead atoms. The van der Waals surface area contributed by atoms with Crippen LogP contribution in [0.3, 0.4) is 0 Å². The van der Waals surface area contributed by atoms with Crippen molar-refractivity contribution in [2.24, 2.45) is 0 Å². The highest BCUT2D eigenvalue weighted by atomic mass is 16.7. The van der Waals surface area contributed by atoms with Crippen LogP contribution in [0.4, 0.5) is 0 Å². The molecule has 0 fully saturated rings. The van der Waals surface area contributed by atoms with Crippen molar-refractivity contribution < 1.29 is 14.6 Å². The topological polar surface area (TPSA) is 95.5 Å². The first-order valence-corrected chi connectivity index (χ1v) is 5.45. The van der Waals surface area contributed by atoms with E-state index in [1.807, 2.05) is 0 Å². The normalized spacial score (nSPS) is 21.6. The first-order chi connectivity index (χ1) is 9.03. The molecular formula is C12H10N2O5. The van der Waals surface area contributed by atoms with E-state index in [9.17, 15) is 20.2 Å². The summed E-state index contributed by atoms with van der Waals surface area (Å²) in [5.41, 5.74) is -2.19. The molecule has 7 heteroatoms. The van der Waals surface area contributed by atoms with Crippen molar-refractivity contribution in [3.8, 4) is 5.75 Å². The molecule has 1 aromatic rings. The molecule has 0 amide bonds. The Morgan fingerprint density at radius 3 is 2.42 bits per heavy atom. The molecule has 0 aromatic heterocycles. The van der Waals surface area contributed by atoms with Crippen LogP contribution in [-0.4, -0.2) is 15.6 Å². The maximum atomic E-state index is 11.2. The Labute approximate surface area is 108 Å². The van der Waals surface area contributed by atoms with Gasteiger partial charge >= 0.3 is 5.72 Å². The lowest BCUT2D eigenvalue weighted by Crippen LogP contribution is -2.44. The van der Waals surface area contributed by atoms with Gasteiger partial charge < -0.3 is 4.74 Å². The monoisotopic (exact) mass is 262 g/mol. The van der Waals surface area contributed by atoms with Crippen LogP contribution in [0.2, 0.25) is 0 Å². The van der Waals surface area contributed by atoms with Crippen molar-refractivity contribution in [3.05, 3.63) is 74.5 Å². The van der Waals surface area contributed by atoms with E-state index in [2.05, 4.69) is 0 Å². The lowest BCUT2D eigenvalue weighted by molar-refractivity contribution is -0.604. The summed E-state index contributed by atoms with van der Waals surface area (Å²) in [4.78, 5) is 20.7. The predicted molar refractivity (Wildman–Crippen MR) is 65.6 cm³/mol. The molecule has 1 aromatic carbocycles. The van der Waals surface area contributed by atoms with Crippen molar-refractivity contribution in [2.75, 3.05) is 0 Å². The van der Waals surface area contributed by atoms with Gasteiger partial charge in [-0.05, 0) is 18.2 Å². The van der Waals surface area contributed by atoms with Crippen LogP contribution in [0.5, 0.6) is 5.75 Å². The molecule has 0 saturated heterocycles. The standard InChI is InChI=1S/C12H10N2O5/c15-13(16)10-5-4-8-12(9-10,14(17)18)19-11-6-2-1-3-7-11/h1-8H,9H2. The van der Waals surface area contributed by atoms with Gasteiger partial charge in [0.15, 0.2) is 6.42 Å². The number of benzene rings is 1. The summed E-state index contributed by atoms with van der Waals surface area (Å²) in [6.07, 6.45) is 3.30. The van der Waals surface area contributed by atoms with E-state index in [0.717, 1.165) is 0 Å². The van der Waals surface area contributed by atoms with Gasteiger partial charge in [-0.1, -0.05) is 18.2 Å². The molecule has 1 aliphatic carbocycles. The highest BCUT2D eigenvalue weighted by Gasteiger charge is 2.48. The molecule has 0 radical (unpaired) electrons. The summed E-state index contributed by atoms with van der Waals surface area (Å²) in [5, 5.41) is 22.0. The van der Waals surface area contributed by atoms with E-state index in [0.29, 0.717) is 0 Å².